The number of aryl methyl sites for hydroxylation is 1. The first-order chi connectivity index (χ1) is 7.84. The lowest BCUT2D eigenvalue weighted by Crippen LogP contribution is -2.48. The molecule has 0 radical (unpaired) electrons. The van der Waals surface area contributed by atoms with Crippen molar-refractivity contribution in [2.75, 3.05) is 19.8 Å². The maximum atomic E-state index is 11.2. The lowest BCUT2D eigenvalue weighted by Gasteiger charge is -2.37. The molecule has 3 nitrogen and oxygen atoms in total. The molecule has 0 spiro atoms. The number of ether oxygens (including phenoxy) is 2. The number of rotatable bonds is 2. The predicted octanol–water partition coefficient (Wildman–Crippen LogP) is 1.48. The molecule has 2 aliphatic heterocycles. The lowest BCUT2D eigenvalue weighted by molar-refractivity contribution is -0.129. The van der Waals surface area contributed by atoms with E-state index in [1.807, 2.05) is 12.1 Å². The van der Waals surface area contributed by atoms with Gasteiger partial charge in [0.25, 0.3) is 0 Å². The van der Waals surface area contributed by atoms with Gasteiger partial charge >= 0.3 is 0 Å². The molecule has 1 aromatic carbocycles. The van der Waals surface area contributed by atoms with Crippen LogP contribution >= 0.6 is 0 Å². The fourth-order valence-electron chi connectivity index (χ4n) is 2.29. The molecule has 0 unspecified atom stereocenters. The maximum Gasteiger partial charge on any atom is 0.135 e. The Labute approximate surface area is 94.4 Å². The molecule has 84 valence electrons. The van der Waals surface area contributed by atoms with Gasteiger partial charge < -0.3 is 14.3 Å². The first-order valence-electron chi connectivity index (χ1n) is 5.64. The Kier molecular flexibility index (Phi) is 2.21. The van der Waals surface area contributed by atoms with Crippen LogP contribution in [0.15, 0.2) is 18.2 Å². The summed E-state index contributed by atoms with van der Waals surface area (Å²) < 4.78 is 10.7. The number of aldehydes is 1. The van der Waals surface area contributed by atoms with Gasteiger partial charge in [0.1, 0.15) is 12.0 Å². The highest BCUT2D eigenvalue weighted by molar-refractivity contribution is 5.71. The molecule has 0 aromatic heterocycles. The zero-order valence-electron chi connectivity index (χ0n) is 9.07. The zero-order valence-corrected chi connectivity index (χ0v) is 9.07. The van der Waals surface area contributed by atoms with E-state index in [9.17, 15) is 4.79 Å². The van der Waals surface area contributed by atoms with Gasteiger partial charge in [-0.05, 0) is 30.0 Å². The molecule has 2 heterocycles. The van der Waals surface area contributed by atoms with Crippen molar-refractivity contribution in [2.45, 2.75) is 18.3 Å². The minimum absolute atomic E-state index is 0.396. The summed E-state index contributed by atoms with van der Waals surface area (Å²) in [7, 11) is 0. The number of hydrogen-bond acceptors (Lipinski definition) is 3. The molecular weight excluding hydrogens is 204 g/mol. The van der Waals surface area contributed by atoms with Crippen molar-refractivity contribution < 1.29 is 14.3 Å². The largest absolute Gasteiger partial charge is 0.493 e. The molecule has 16 heavy (non-hydrogen) atoms. The molecule has 0 aliphatic carbocycles. The van der Waals surface area contributed by atoms with Crippen molar-refractivity contribution in [3.63, 3.8) is 0 Å². The van der Waals surface area contributed by atoms with Gasteiger partial charge in [-0.25, -0.2) is 0 Å². The molecule has 0 saturated carbocycles. The smallest absolute Gasteiger partial charge is 0.135 e. The molecule has 0 atom stereocenters. The van der Waals surface area contributed by atoms with Crippen molar-refractivity contribution in [3.8, 4) is 5.75 Å². The van der Waals surface area contributed by atoms with E-state index in [0.717, 1.165) is 37.0 Å². The fraction of sp³-hybridized carbons (Fsp3) is 0.462. The van der Waals surface area contributed by atoms with Gasteiger partial charge in [0.05, 0.1) is 25.2 Å². The molecule has 3 heteroatoms. The van der Waals surface area contributed by atoms with Gasteiger partial charge in [-0.3, -0.25) is 0 Å². The maximum absolute atomic E-state index is 11.2. The quantitative estimate of drug-likeness (QED) is 0.705. The zero-order chi connectivity index (χ0) is 11.0. The van der Waals surface area contributed by atoms with Crippen LogP contribution in [-0.2, 0) is 21.4 Å². The monoisotopic (exact) mass is 218 g/mol. The van der Waals surface area contributed by atoms with Gasteiger partial charge in [-0.1, -0.05) is 12.1 Å². The van der Waals surface area contributed by atoms with Crippen molar-refractivity contribution in [1.29, 1.82) is 0 Å². The van der Waals surface area contributed by atoms with Crippen LogP contribution < -0.4 is 4.74 Å². The van der Waals surface area contributed by atoms with Crippen LogP contribution in [0.1, 0.15) is 17.5 Å². The Morgan fingerprint density at radius 1 is 1.31 bits per heavy atom. The SMILES string of the molecule is O=CC1(c2ccc3c(c2)CCCO3)COC1. The normalized spacial score (nSPS) is 21.5. The molecule has 3 rings (SSSR count). The Bertz CT molecular complexity index is 421. The molecule has 1 aromatic rings. The van der Waals surface area contributed by atoms with Crippen LogP contribution in [0, 0.1) is 0 Å². The lowest BCUT2D eigenvalue weighted by atomic mass is 9.79. The molecule has 0 bridgehead atoms. The van der Waals surface area contributed by atoms with Gasteiger partial charge in [0.2, 0.25) is 0 Å². The van der Waals surface area contributed by atoms with Crippen molar-refractivity contribution in [2.24, 2.45) is 0 Å². The van der Waals surface area contributed by atoms with E-state index < -0.39 is 5.41 Å². The van der Waals surface area contributed by atoms with E-state index in [1.165, 1.54) is 5.56 Å². The number of hydrogen-bond donors (Lipinski definition) is 0. The summed E-state index contributed by atoms with van der Waals surface area (Å²) in [4.78, 5) is 11.2. The molecule has 1 fully saturated rings. The number of carbonyl (C=O) groups excluding carboxylic acids is 1. The third-order valence-corrected chi connectivity index (χ3v) is 3.43. The van der Waals surface area contributed by atoms with Gasteiger partial charge in [-0.2, -0.15) is 0 Å². The van der Waals surface area contributed by atoms with E-state index in [0.29, 0.717) is 13.2 Å². The topological polar surface area (TPSA) is 35.5 Å². The Morgan fingerprint density at radius 3 is 2.88 bits per heavy atom. The average molecular weight is 218 g/mol. The number of carbonyl (C=O) groups is 1. The molecular formula is C13H14O3. The first kappa shape index (κ1) is 9.85. The highest BCUT2D eigenvalue weighted by Gasteiger charge is 2.40. The van der Waals surface area contributed by atoms with E-state index in [4.69, 9.17) is 9.47 Å². The Balaban J connectivity index is 1.99. The van der Waals surface area contributed by atoms with Gasteiger partial charge in [0.15, 0.2) is 0 Å². The first-order valence-corrected chi connectivity index (χ1v) is 5.64. The predicted molar refractivity (Wildman–Crippen MR) is 58.8 cm³/mol. The van der Waals surface area contributed by atoms with Crippen LogP contribution in [0.3, 0.4) is 0 Å². The summed E-state index contributed by atoms with van der Waals surface area (Å²) in [6.07, 6.45) is 3.11. The average Bonchev–Trinajstić information content (AvgIpc) is 2.28. The van der Waals surface area contributed by atoms with Crippen LogP contribution in [0.2, 0.25) is 0 Å². The molecule has 1 saturated heterocycles. The Morgan fingerprint density at radius 2 is 2.19 bits per heavy atom. The molecule has 0 N–H and O–H groups in total. The van der Waals surface area contributed by atoms with Crippen LogP contribution in [0.25, 0.3) is 0 Å². The van der Waals surface area contributed by atoms with Crippen LogP contribution in [0.5, 0.6) is 5.75 Å². The minimum Gasteiger partial charge on any atom is -0.493 e. The third kappa shape index (κ3) is 1.35. The van der Waals surface area contributed by atoms with Crippen LogP contribution in [0.4, 0.5) is 0 Å². The van der Waals surface area contributed by atoms with Crippen molar-refractivity contribution in [3.05, 3.63) is 29.3 Å². The van der Waals surface area contributed by atoms with Crippen molar-refractivity contribution in [1.82, 2.24) is 0 Å². The summed E-state index contributed by atoms with van der Waals surface area (Å²) in [6.45, 7) is 1.82. The summed E-state index contributed by atoms with van der Waals surface area (Å²) in [5.41, 5.74) is 1.89. The second-order valence-corrected chi connectivity index (χ2v) is 4.54. The number of benzene rings is 1. The van der Waals surface area contributed by atoms with E-state index in [2.05, 4.69) is 6.07 Å². The van der Waals surface area contributed by atoms with E-state index in [-0.39, 0.29) is 0 Å². The van der Waals surface area contributed by atoms with Gasteiger partial charge in [-0.15, -0.1) is 0 Å². The van der Waals surface area contributed by atoms with E-state index >= 15 is 0 Å². The second-order valence-electron chi connectivity index (χ2n) is 4.54. The molecule has 2 aliphatic rings. The summed E-state index contributed by atoms with van der Waals surface area (Å²) in [5.74, 6) is 0.969. The van der Waals surface area contributed by atoms with Crippen LogP contribution in [-0.4, -0.2) is 26.1 Å². The molecule has 0 amide bonds. The van der Waals surface area contributed by atoms with E-state index in [1.54, 1.807) is 0 Å². The summed E-state index contributed by atoms with van der Waals surface area (Å²) in [5, 5.41) is 0. The van der Waals surface area contributed by atoms with Crippen molar-refractivity contribution >= 4 is 6.29 Å². The number of fused-ring (bicyclic) bond motifs is 1. The standard InChI is InChI=1S/C13H14O3/c14-7-13(8-15-9-13)11-3-4-12-10(6-11)2-1-5-16-12/h3-4,6-7H,1-2,5,8-9H2. The highest BCUT2D eigenvalue weighted by atomic mass is 16.5. The minimum atomic E-state index is -0.396. The van der Waals surface area contributed by atoms with Gasteiger partial charge in [0, 0.05) is 0 Å². The second kappa shape index (κ2) is 3.59. The Hall–Kier alpha value is -1.35. The summed E-state index contributed by atoms with van der Waals surface area (Å²) >= 11 is 0. The third-order valence-electron chi connectivity index (χ3n) is 3.43. The summed E-state index contributed by atoms with van der Waals surface area (Å²) in [6, 6.07) is 6.07. The fourth-order valence-corrected chi connectivity index (χ4v) is 2.29. The highest BCUT2D eigenvalue weighted by Crippen LogP contribution is 2.34.